The van der Waals surface area contributed by atoms with Crippen LogP contribution in [0.3, 0.4) is 0 Å². The van der Waals surface area contributed by atoms with Gasteiger partial charge >= 0.3 is 0 Å². The van der Waals surface area contributed by atoms with Gasteiger partial charge in [-0.3, -0.25) is 4.72 Å². The maximum Gasteiger partial charge on any atom is 0.262 e. The average molecular weight is 316 g/mol. The summed E-state index contributed by atoms with van der Waals surface area (Å²) in [6, 6.07) is 9.81. The summed E-state index contributed by atoms with van der Waals surface area (Å²) < 4.78 is 27.7. The minimum Gasteiger partial charge on any atom is -0.361 e. The average Bonchev–Trinajstić information content (AvgIpc) is 2.47. The molecule has 1 aromatic heterocycles. The lowest BCUT2D eigenvalue weighted by atomic mass is 10.2. The number of hydrogen-bond acceptors (Lipinski definition) is 5. The van der Waals surface area contributed by atoms with E-state index < -0.39 is 10.0 Å². The number of aromatic nitrogens is 1. The quantitative estimate of drug-likeness (QED) is 0.934. The van der Waals surface area contributed by atoms with E-state index in [9.17, 15) is 8.42 Å². The molecule has 0 unspecified atom stereocenters. The second-order valence-electron chi connectivity index (χ2n) is 4.97. The highest BCUT2D eigenvalue weighted by molar-refractivity contribution is 7.92. The summed E-state index contributed by atoms with van der Waals surface area (Å²) in [4.78, 5) is 5.96. The van der Waals surface area contributed by atoms with Crippen LogP contribution in [0.25, 0.3) is 0 Å². The Hall–Kier alpha value is -2.59. The minimum atomic E-state index is -3.80. The standard InChI is InChI=1S/C15H16N4O2S/c1-11-6-7-12(10-16)9-14(11)22(20,21)18-13-5-4-8-17-15(13)19(2)3/h4-9,18H,1-3H3. The molecule has 0 aliphatic heterocycles. The molecule has 6 nitrogen and oxygen atoms in total. The fraction of sp³-hybridized carbons (Fsp3) is 0.200. The summed E-state index contributed by atoms with van der Waals surface area (Å²) in [6.45, 7) is 1.69. The predicted molar refractivity (Wildman–Crippen MR) is 85.3 cm³/mol. The molecule has 114 valence electrons. The Morgan fingerprint density at radius 2 is 2.00 bits per heavy atom. The van der Waals surface area contributed by atoms with Crippen LogP contribution in [0.2, 0.25) is 0 Å². The molecule has 0 spiro atoms. The molecule has 0 saturated carbocycles. The molecule has 0 radical (unpaired) electrons. The molecule has 22 heavy (non-hydrogen) atoms. The Bertz CT molecular complexity index is 839. The maximum atomic E-state index is 12.6. The Labute approximate surface area is 130 Å². The molecule has 0 saturated heterocycles. The summed E-state index contributed by atoms with van der Waals surface area (Å²) in [7, 11) is -0.241. The van der Waals surface area contributed by atoms with Crippen LogP contribution in [-0.4, -0.2) is 27.5 Å². The Balaban J connectivity index is 2.48. The third-order valence-corrected chi connectivity index (χ3v) is 4.57. The van der Waals surface area contributed by atoms with Crippen molar-refractivity contribution in [2.75, 3.05) is 23.7 Å². The number of hydrogen-bond donors (Lipinski definition) is 1. The van der Waals surface area contributed by atoms with E-state index in [4.69, 9.17) is 5.26 Å². The summed E-state index contributed by atoms with van der Waals surface area (Å²) in [5, 5.41) is 8.94. The van der Waals surface area contributed by atoms with Crippen molar-refractivity contribution in [1.29, 1.82) is 5.26 Å². The molecule has 2 rings (SSSR count). The summed E-state index contributed by atoms with van der Waals surface area (Å²) in [5.74, 6) is 0.514. The first-order chi connectivity index (χ1) is 10.3. The minimum absolute atomic E-state index is 0.0834. The zero-order valence-electron chi connectivity index (χ0n) is 12.5. The maximum absolute atomic E-state index is 12.6. The van der Waals surface area contributed by atoms with Crippen molar-refractivity contribution in [3.63, 3.8) is 0 Å². The molecule has 1 N–H and O–H groups in total. The number of rotatable bonds is 4. The monoisotopic (exact) mass is 316 g/mol. The van der Waals surface area contributed by atoms with E-state index in [1.807, 2.05) is 6.07 Å². The van der Waals surface area contributed by atoms with Gasteiger partial charge in [-0.05, 0) is 36.8 Å². The molecule has 2 aromatic rings. The lowest BCUT2D eigenvalue weighted by Gasteiger charge is -2.17. The zero-order valence-corrected chi connectivity index (χ0v) is 13.3. The third kappa shape index (κ3) is 3.18. The van der Waals surface area contributed by atoms with Crippen LogP contribution in [0.1, 0.15) is 11.1 Å². The first-order valence-electron chi connectivity index (χ1n) is 6.51. The molecule has 0 amide bonds. The molecule has 0 aliphatic rings. The van der Waals surface area contributed by atoms with E-state index in [0.29, 0.717) is 22.6 Å². The van der Waals surface area contributed by atoms with Gasteiger partial charge in [-0.1, -0.05) is 6.07 Å². The first kappa shape index (κ1) is 15.8. The van der Waals surface area contributed by atoms with Crippen LogP contribution in [-0.2, 0) is 10.0 Å². The number of sulfonamides is 1. The van der Waals surface area contributed by atoms with Crippen molar-refractivity contribution in [2.24, 2.45) is 0 Å². The van der Waals surface area contributed by atoms with E-state index in [0.717, 1.165) is 0 Å². The summed E-state index contributed by atoms with van der Waals surface area (Å²) in [6.07, 6.45) is 1.59. The van der Waals surface area contributed by atoms with Gasteiger partial charge in [0.2, 0.25) is 0 Å². The Kier molecular flexibility index (Phi) is 4.33. The van der Waals surface area contributed by atoms with Crippen LogP contribution in [0, 0.1) is 18.3 Å². The fourth-order valence-electron chi connectivity index (χ4n) is 1.99. The number of nitrogens with one attached hydrogen (secondary N) is 1. The van der Waals surface area contributed by atoms with Crippen molar-refractivity contribution in [3.05, 3.63) is 47.7 Å². The number of nitrogens with zero attached hydrogens (tertiary/aromatic N) is 3. The highest BCUT2D eigenvalue weighted by atomic mass is 32.2. The van der Waals surface area contributed by atoms with Gasteiger partial charge in [0.25, 0.3) is 10.0 Å². The van der Waals surface area contributed by atoms with E-state index in [-0.39, 0.29) is 4.90 Å². The van der Waals surface area contributed by atoms with E-state index >= 15 is 0 Å². The number of pyridine rings is 1. The van der Waals surface area contributed by atoms with Crippen molar-refractivity contribution in [2.45, 2.75) is 11.8 Å². The number of anilines is 2. The SMILES string of the molecule is Cc1ccc(C#N)cc1S(=O)(=O)Nc1cccnc1N(C)C. The largest absolute Gasteiger partial charge is 0.361 e. The Morgan fingerprint density at radius 3 is 2.64 bits per heavy atom. The highest BCUT2D eigenvalue weighted by Gasteiger charge is 2.19. The first-order valence-corrected chi connectivity index (χ1v) is 7.99. The summed E-state index contributed by atoms with van der Waals surface area (Å²) >= 11 is 0. The topological polar surface area (TPSA) is 86.1 Å². The predicted octanol–water partition coefficient (Wildman–Crippen LogP) is 2.13. The molecule has 0 aliphatic carbocycles. The van der Waals surface area contributed by atoms with Crippen LogP contribution < -0.4 is 9.62 Å². The van der Waals surface area contributed by atoms with E-state index in [1.165, 1.54) is 6.07 Å². The van der Waals surface area contributed by atoms with Gasteiger partial charge in [0, 0.05) is 20.3 Å². The van der Waals surface area contributed by atoms with Gasteiger partial charge in [-0.15, -0.1) is 0 Å². The lowest BCUT2D eigenvalue weighted by molar-refractivity contribution is 0.600. The van der Waals surface area contributed by atoms with Gasteiger partial charge in [0.05, 0.1) is 22.2 Å². The second-order valence-corrected chi connectivity index (χ2v) is 6.62. The van der Waals surface area contributed by atoms with Crippen molar-refractivity contribution >= 4 is 21.5 Å². The zero-order chi connectivity index (χ0) is 16.3. The van der Waals surface area contributed by atoms with Gasteiger partial charge in [-0.2, -0.15) is 5.26 Å². The third-order valence-electron chi connectivity index (χ3n) is 3.06. The Morgan fingerprint density at radius 1 is 1.27 bits per heavy atom. The molecule has 0 bridgehead atoms. The fourth-order valence-corrected chi connectivity index (χ4v) is 3.32. The molecular formula is C15H16N4O2S. The van der Waals surface area contributed by atoms with Crippen molar-refractivity contribution in [1.82, 2.24) is 4.98 Å². The number of nitriles is 1. The van der Waals surface area contributed by atoms with E-state index in [2.05, 4.69) is 9.71 Å². The van der Waals surface area contributed by atoms with Crippen LogP contribution >= 0.6 is 0 Å². The van der Waals surface area contributed by atoms with Crippen LogP contribution in [0.5, 0.6) is 0 Å². The highest BCUT2D eigenvalue weighted by Crippen LogP contribution is 2.25. The molecular weight excluding hydrogens is 300 g/mol. The molecule has 7 heteroatoms. The molecule has 1 heterocycles. The molecule has 0 atom stereocenters. The normalized spacial score (nSPS) is 10.8. The van der Waals surface area contributed by atoms with Crippen molar-refractivity contribution < 1.29 is 8.42 Å². The number of aryl methyl sites for hydroxylation is 1. The molecule has 0 fully saturated rings. The van der Waals surface area contributed by atoms with E-state index in [1.54, 1.807) is 56.4 Å². The summed E-state index contributed by atoms with van der Waals surface area (Å²) in [5.41, 5.74) is 1.25. The van der Waals surface area contributed by atoms with Gasteiger partial charge < -0.3 is 4.90 Å². The van der Waals surface area contributed by atoms with Gasteiger partial charge in [-0.25, -0.2) is 13.4 Å². The van der Waals surface area contributed by atoms with Crippen LogP contribution in [0.15, 0.2) is 41.4 Å². The van der Waals surface area contributed by atoms with Crippen LogP contribution in [0.4, 0.5) is 11.5 Å². The van der Waals surface area contributed by atoms with Gasteiger partial charge in [0.1, 0.15) is 0 Å². The lowest BCUT2D eigenvalue weighted by Crippen LogP contribution is -2.19. The molecule has 1 aromatic carbocycles. The second kappa shape index (κ2) is 6.03. The number of benzene rings is 1. The van der Waals surface area contributed by atoms with Gasteiger partial charge in [0.15, 0.2) is 5.82 Å². The smallest absolute Gasteiger partial charge is 0.262 e. The van der Waals surface area contributed by atoms with Crippen molar-refractivity contribution in [3.8, 4) is 6.07 Å².